The molecule has 0 radical (unpaired) electrons. The van der Waals surface area contributed by atoms with Crippen molar-refractivity contribution in [1.29, 1.82) is 5.26 Å². The number of hydrogen-bond acceptors (Lipinski definition) is 2. The number of nitrogens with zero attached hydrogens (tertiary/aromatic N) is 1. The molecule has 0 saturated heterocycles. The molecular formula is C24H23F2NO. The lowest BCUT2D eigenvalue weighted by atomic mass is 9.81. The fourth-order valence-corrected chi connectivity index (χ4v) is 3.41. The van der Waals surface area contributed by atoms with Crippen LogP contribution in [0, 0.1) is 11.3 Å². The van der Waals surface area contributed by atoms with Crippen LogP contribution in [-0.2, 0) is 5.67 Å². The van der Waals surface area contributed by atoms with Gasteiger partial charge in [0.05, 0.1) is 12.2 Å². The van der Waals surface area contributed by atoms with Crippen LogP contribution in [0.1, 0.15) is 38.2 Å². The predicted molar refractivity (Wildman–Crippen MR) is 107 cm³/mol. The summed E-state index contributed by atoms with van der Waals surface area (Å²) >= 11 is 0. The van der Waals surface area contributed by atoms with Crippen LogP contribution in [0.2, 0.25) is 0 Å². The van der Waals surface area contributed by atoms with Crippen molar-refractivity contribution in [3.05, 3.63) is 77.6 Å². The summed E-state index contributed by atoms with van der Waals surface area (Å²) in [7, 11) is 0. The molecule has 0 aromatic heterocycles. The summed E-state index contributed by atoms with van der Waals surface area (Å²) < 4.78 is 36.4. The summed E-state index contributed by atoms with van der Waals surface area (Å²) in [5.74, 6) is -0.328. The van der Waals surface area contributed by atoms with E-state index in [1.54, 1.807) is 30.3 Å². The van der Waals surface area contributed by atoms with Crippen LogP contribution in [0.25, 0.3) is 11.1 Å². The van der Waals surface area contributed by atoms with Crippen LogP contribution in [0.4, 0.5) is 8.78 Å². The molecule has 4 heteroatoms. The number of nitriles is 1. The maximum atomic E-state index is 15.8. The Morgan fingerprint density at radius 2 is 1.96 bits per heavy atom. The summed E-state index contributed by atoms with van der Waals surface area (Å²) in [6.07, 6.45) is 5.89. The first-order valence-corrected chi connectivity index (χ1v) is 9.58. The van der Waals surface area contributed by atoms with Gasteiger partial charge in [0.2, 0.25) is 0 Å². The molecule has 1 atom stereocenters. The van der Waals surface area contributed by atoms with E-state index < -0.39 is 11.5 Å². The Hall–Kier alpha value is -2.93. The average molecular weight is 379 g/mol. The van der Waals surface area contributed by atoms with E-state index in [4.69, 9.17) is 10.00 Å². The van der Waals surface area contributed by atoms with E-state index in [2.05, 4.69) is 6.92 Å². The second-order valence-corrected chi connectivity index (χ2v) is 6.88. The van der Waals surface area contributed by atoms with Gasteiger partial charge in [0.25, 0.3) is 0 Å². The van der Waals surface area contributed by atoms with E-state index in [1.807, 2.05) is 24.3 Å². The number of allylic oxidation sites excluding steroid dienone is 4. The molecule has 2 aromatic carbocycles. The third-order valence-corrected chi connectivity index (χ3v) is 4.90. The third kappa shape index (κ3) is 3.99. The van der Waals surface area contributed by atoms with Gasteiger partial charge in [-0.3, -0.25) is 0 Å². The van der Waals surface area contributed by atoms with E-state index in [9.17, 15) is 4.39 Å². The van der Waals surface area contributed by atoms with Gasteiger partial charge in [-0.1, -0.05) is 62.2 Å². The van der Waals surface area contributed by atoms with Crippen LogP contribution in [0.5, 0.6) is 5.75 Å². The summed E-state index contributed by atoms with van der Waals surface area (Å²) in [4.78, 5) is 0. The van der Waals surface area contributed by atoms with Crippen LogP contribution in [0.3, 0.4) is 0 Å². The first-order valence-electron chi connectivity index (χ1n) is 9.58. The average Bonchev–Trinajstić information content (AvgIpc) is 2.73. The van der Waals surface area contributed by atoms with Crippen molar-refractivity contribution in [2.45, 2.75) is 38.3 Å². The summed E-state index contributed by atoms with van der Waals surface area (Å²) in [5.41, 5.74) is -1.06. The SMILES string of the molecule is CCCCCOc1cccc(-c2ccccc2C2(F)CC=CC(C#N)=C2F)c1. The Kier molecular flexibility index (Phi) is 6.26. The fourth-order valence-electron chi connectivity index (χ4n) is 3.41. The van der Waals surface area contributed by atoms with Gasteiger partial charge >= 0.3 is 0 Å². The first kappa shape index (κ1) is 19.8. The molecule has 2 nitrogen and oxygen atoms in total. The molecule has 1 aliphatic rings. The molecule has 0 amide bonds. The lowest BCUT2D eigenvalue weighted by Crippen LogP contribution is -2.24. The van der Waals surface area contributed by atoms with Crippen molar-refractivity contribution in [1.82, 2.24) is 0 Å². The highest BCUT2D eigenvalue weighted by Gasteiger charge is 2.41. The Labute approximate surface area is 164 Å². The zero-order valence-electron chi connectivity index (χ0n) is 15.9. The van der Waals surface area contributed by atoms with Crippen LogP contribution in [-0.4, -0.2) is 6.61 Å². The summed E-state index contributed by atoms with van der Waals surface area (Å²) in [6.45, 7) is 2.76. The van der Waals surface area contributed by atoms with Gasteiger partial charge in [-0.2, -0.15) is 5.26 Å². The monoisotopic (exact) mass is 379 g/mol. The van der Waals surface area contributed by atoms with E-state index in [0.29, 0.717) is 17.9 Å². The number of rotatable bonds is 7. The highest BCUT2D eigenvalue weighted by Crippen LogP contribution is 2.46. The van der Waals surface area contributed by atoms with Crippen LogP contribution in [0.15, 0.2) is 72.1 Å². The lowest BCUT2D eigenvalue weighted by molar-refractivity contribution is 0.176. The Morgan fingerprint density at radius 3 is 2.75 bits per heavy atom. The standard InChI is InChI=1S/C24H23F2NO/c1-2-3-6-15-28-20-11-7-9-18(16-20)21-12-4-5-13-22(21)24(26)14-8-10-19(17-27)23(24)25/h4-5,7-13,16H,2-3,6,14-15H2,1H3. The van der Waals surface area contributed by atoms with Crippen molar-refractivity contribution >= 4 is 0 Å². The van der Waals surface area contributed by atoms with Crippen molar-refractivity contribution < 1.29 is 13.5 Å². The van der Waals surface area contributed by atoms with Gasteiger partial charge in [0.1, 0.15) is 11.8 Å². The molecule has 3 rings (SSSR count). The Morgan fingerprint density at radius 1 is 1.14 bits per heavy atom. The third-order valence-electron chi connectivity index (χ3n) is 4.90. The second-order valence-electron chi connectivity index (χ2n) is 6.88. The minimum Gasteiger partial charge on any atom is -0.494 e. The first-order chi connectivity index (χ1) is 13.6. The van der Waals surface area contributed by atoms with Crippen LogP contribution < -0.4 is 4.74 Å². The molecule has 144 valence electrons. The highest BCUT2D eigenvalue weighted by molar-refractivity contribution is 5.71. The molecule has 0 spiro atoms. The number of alkyl halides is 1. The van der Waals surface area contributed by atoms with Gasteiger partial charge in [0.15, 0.2) is 11.5 Å². The second kappa shape index (κ2) is 8.84. The summed E-state index contributed by atoms with van der Waals surface area (Å²) in [6, 6.07) is 16.0. The zero-order chi connectivity index (χ0) is 20.0. The van der Waals surface area contributed by atoms with Crippen molar-refractivity contribution in [3.63, 3.8) is 0 Å². The zero-order valence-corrected chi connectivity index (χ0v) is 15.9. The van der Waals surface area contributed by atoms with Gasteiger partial charge in [-0.15, -0.1) is 0 Å². The molecule has 0 N–H and O–H groups in total. The molecular weight excluding hydrogens is 356 g/mol. The van der Waals surface area contributed by atoms with Crippen molar-refractivity contribution in [3.8, 4) is 22.9 Å². The summed E-state index contributed by atoms with van der Waals surface area (Å²) in [5, 5.41) is 9.10. The minimum atomic E-state index is -2.35. The van der Waals surface area contributed by atoms with E-state index in [0.717, 1.165) is 24.8 Å². The van der Waals surface area contributed by atoms with E-state index in [1.165, 1.54) is 12.2 Å². The maximum absolute atomic E-state index is 15.8. The number of unbranched alkanes of at least 4 members (excludes halogenated alkanes) is 2. The van der Waals surface area contributed by atoms with Gasteiger partial charge in [-0.05, 0) is 35.8 Å². The molecule has 1 unspecified atom stereocenters. The number of halogens is 2. The maximum Gasteiger partial charge on any atom is 0.192 e. The molecule has 0 heterocycles. The Balaban J connectivity index is 1.97. The van der Waals surface area contributed by atoms with E-state index in [-0.39, 0.29) is 17.6 Å². The molecule has 28 heavy (non-hydrogen) atoms. The van der Waals surface area contributed by atoms with Gasteiger partial charge in [-0.25, -0.2) is 8.78 Å². The van der Waals surface area contributed by atoms with Crippen molar-refractivity contribution in [2.24, 2.45) is 0 Å². The number of ether oxygens (including phenoxy) is 1. The van der Waals surface area contributed by atoms with Crippen LogP contribution >= 0.6 is 0 Å². The largest absolute Gasteiger partial charge is 0.494 e. The topological polar surface area (TPSA) is 33.0 Å². The quantitative estimate of drug-likeness (QED) is 0.496. The minimum absolute atomic E-state index is 0.145. The molecule has 0 fully saturated rings. The molecule has 2 aromatic rings. The normalized spacial score (nSPS) is 18.8. The number of hydrogen-bond donors (Lipinski definition) is 0. The number of benzene rings is 2. The molecule has 0 aliphatic heterocycles. The molecule has 1 aliphatic carbocycles. The Bertz CT molecular complexity index is 942. The smallest absolute Gasteiger partial charge is 0.192 e. The highest BCUT2D eigenvalue weighted by atomic mass is 19.2. The predicted octanol–water partition coefficient (Wildman–Crippen LogP) is 6.79. The molecule has 0 bridgehead atoms. The van der Waals surface area contributed by atoms with E-state index >= 15 is 4.39 Å². The lowest BCUT2D eigenvalue weighted by Gasteiger charge is -2.28. The molecule has 0 saturated carbocycles. The van der Waals surface area contributed by atoms with Gasteiger partial charge < -0.3 is 4.74 Å². The van der Waals surface area contributed by atoms with Crippen molar-refractivity contribution in [2.75, 3.05) is 6.61 Å². The fraction of sp³-hybridized carbons (Fsp3) is 0.292. The van der Waals surface area contributed by atoms with Gasteiger partial charge in [0, 0.05) is 12.0 Å².